The molecule has 5 N–H and O–H groups in total. The third-order valence-electron chi connectivity index (χ3n) is 0. The minimum atomic E-state index is -0.833. The Kier molecular flexibility index (Phi) is 47.9. The van der Waals surface area contributed by atoms with Crippen molar-refractivity contribution in [2.24, 2.45) is 0 Å². The van der Waals surface area contributed by atoms with Gasteiger partial charge in [-0.05, 0) is 0 Å². The molecule has 0 aliphatic heterocycles. The molecule has 0 saturated carbocycles. The van der Waals surface area contributed by atoms with Crippen LogP contribution in [0.4, 0.5) is 0 Å². The summed E-state index contributed by atoms with van der Waals surface area (Å²) in [7, 11) is 0. The zero-order chi connectivity index (χ0) is 10.7. The van der Waals surface area contributed by atoms with Crippen molar-refractivity contribution in [1.82, 2.24) is 0 Å². The van der Waals surface area contributed by atoms with Crippen molar-refractivity contribution in [2.45, 2.75) is 20.8 Å². The minimum Gasteiger partial charge on any atom is -0.481 e. The first-order valence-electron chi connectivity index (χ1n) is 2.78. The molecule has 0 bridgehead atoms. The van der Waals surface area contributed by atoms with Crippen molar-refractivity contribution in [2.75, 3.05) is 0 Å². The Balaban J connectivity index is -0.0000000270. The van der Waals surface area contributed by atoms with E-state index >= 15 is 0 Å². The van der Waals surface area contributed by atoms with E-state index in [1.165, 1.54) is 0 Å². The predicted octanol–water partition coefficient (Wildman–Crippen LogP) is -0.552. The van der Waals surface area contributed by atoms with Crippen LogP contribution in [0.3, 0.4) is 0 Å². The SMILES string of the molecule is CC(=O)O.CC(=O)O.CC(=O)O.O.[Gd]. The van der Waals surface area contributed by atoms with E-state index in [0.717, 1.165) is 20.8 Å². The fourth-order valence-electron chi connectivity index (χ4n) is 0. The van der Waals surface area contributed by atoms with Gasteiger partial charge in [-0.25, -0.2) is 0 Å². The first-order chi connectivity index (χ1) is 5.20. The van der Waals surface area contributed by atoms with E-state index in [1.54, 1.807) is 0 Å². The van der Waals surface area contributed by atoms with E-state index < -0.39 is 17.9 Å². The molecule has 0 amide bonds. The van der Waals surface area contributed by atoms with Crippen molar-refractivity contribution in [1.29, 1.82) is 0 Å². The quantitative estimate of drug-likeness (QED) is 0.532. The van der Waals surface area contributed by atoms with Crippen LogP contribution >= 0.6 is 0 Å². The predicted molar refractivity (Wildman–Crippen MR) is 43.5 cm³/mol. The molecule has 0 heterocycles. The van der Waals surface area contributed by atoms with Crippen molar-refractivity contribution in [3.63, 3.8) is 0 Å². The molecular formula is C6H14GdO7. The van der Waals surface area contributed by atoms with Crippen LogP contribution in [0.25, 0.3) is 0 Å². The van der Waals surface area contributed by atoms with Gasteiger partial charge in [-0.15, -0.1) is 0 Å². The molecule has 0 saturated heterocycles. The summed E-state index contributed by atoms with van der Waals surface area (Å²) in [4.78, 5) is 27.0. The first kappa shape index (κ1) is 29.2. The van der Waals surface area contributed by atoms with Gasteiger partial charge in [0.2, 0.25) is 0 Å². The second-order valence-corrected chi connectivity index (χ2v) is 1.56. The van der Waals surface area contributed by atoms with Gasteiger partial charge in [0.15, 0.2) is 0 Å². The molecule has 0 fully saturated rings. The van der Waals surface area contributed by atoms with Crippen LogP contribution in [0.1, 0.15) is 20.8 Å². The van der Waals surface area contributed by atoms with E-state index in [9.17, 15) is 0 Å². The van der Waals surface area contributed by atoms with Crippen LogP contribution in [0, 0.1) is 39.9 Å². The summed E-state index contributed by atoms with van der Waals surface area (Å²) in [5.74, 6) is -2.50. The normalized spacial score (nSPS) is 5.36. The Morgan fingerprint density at radius 1 is 0.714 bits per heavy atom. The molecule has 7 nitrogen and oxygen atoms in total. The van der Waals surface area contributed by atoms with Gasteiger partial charge >= 0.3 is 0 Å². The van der Waals surface area contributed by atoms with E-state index in [-0.39, 0.29) is 45.4 Å². The number of carbonyl (C=O) groups is 3. The number of hydrogen-bond donors (Lipinski definition) is 3. The Bertz CT molecular complexity index is 116. The molecule has 0 aliphatic carbocycles. The average molecular weight is 355 g/mol. The molecule has 0 atom stereocenters. The van der Waals surface area contributed by atoms with Gasteiger partial charge in [-0.3, -0.25) is 14.4 Å². The molecule has 14 heavy (non-hydrogen) atoms. The maximum absolute atomic E-state index is 9.00. The smallest absolute Gasteiger partial charge is 0.300 e. The van der Waals surface area contributed by atoms with Crippen LogP contribution < -0.4 is 0 Å². The van der Waals surface area contributed by atoms with Crippen LogP contribution in [-0.4, -0.2) is 38.7 Å². The van der Waals surface area contributed by atoms with Crippen LogP contribution in [0.15, 0.2) is 0 Å². The third kappa shape index (κ3) is 14300. The summed E-state index contributed by atoms with van der Waals surface area (Å²) in [6.07, 6.45) is 0. The Hall–Kier alpha value is -0.305. The number of hydrogen-bond acceptors (Lipinski definition) is 3. The number of carboxylic acids is 3. The van der Waals surface area contributed by atoms with Gasteiger partial charge in [0.1, 0.15) is 0 Å². The molecule has 8 heteroatoms. The van der Waals surface area contributed by atoms with Crippen LogP contribution in [-0.2, 0) is 14.4 Å². The molecule has 0 aliphatic rings. The molecule has 88 valence electrons. The maximum atomic E-state index is 9.00. The fourth-order valence-corrected chi connectivity index (χ4v) is 0. The maximum Gasteiger partial charge on any atom is 0.300 e. The van der Waals surface area contributed by atoms with Gasteiger partial charge in [-0.2, -0.15) is 0 Å². The van der Waals surface area contributed by atoms with Gasteiger partial charge in [-0.1, -0.05) is 0 Å². The van der Waals surface area contributed by atoms with Crippen LogP contribution in [0.2, 0.25) is 0 Å². The van der Waals surface area contributed by atoms with Gasteiger partial charge < -0.3 is 20.8 Å². The second kappa shape index (κ2) is 23.0. The van der Waals surface area contributed by atoms with E-state index in [0.29, 0.717) is 0 Å². The Labute approximate surface area is 113 Å². The molecule has 0 aromatic carbocycles. The van der Waals surface area contributed by atoms with E-state index in [2.05, 4.69) is 0 Å². The van der Waals surface area contributed by atoms with E-state index in [1.807, 2.05) is 0 Å². The average Bonchev–Trinajstić information content (AvgIpc) is 1.54. The molecule has 0 aromatic heterocycles. The number of rotatable bonds is 0. The summed E-state index contributed by atoms with van der Waals surface area (Å²) in [6.45, 7) is 3.25. The van der Waals surface area contributed by atoms with Crippen molar-refractivity contribution in [3.8, 4) is 0 Å². The summed E-state index contributed by atoms with van der Waals surface area (Å²) in [6, 6.07) is 0. The van der Waals surface area contributed by atoms with Gasteiger partial charge in [0, 0.05) is 60.7 Å². The second-order valence-electron chi connectivity index (χ2n) is 1.56. The molecule has 0 rings (SSSR count). The van der Waals surface area contributed by atoms with E-state index in [4.69, 9.17) is 29.7 Å². The zero-order valence-electron chi connectivity index (χ0n) is 7.92. The van der Waals surface area contributed by atoms with Crippen molar-refractivity contribution in [3.05, 3.63) is 0 Å². The van der Waals surface area contributed by atoms with Gasteiger partial charge in [0.25, 0.3) is 17.9 Å². The number of aliphatic carboxylic acids is 3. The zero-order valence-corrected chi connectivity index (χ0v) is 10.2. The largest absolute Gasteiger partial charge is 0.481 e. The number of carboxylic acid groups (broad SMARTS) is 3. The minimum absolute atomic E-state index is 0. The first-order valence-corrected chi connectivity index (χ1v) is 2.78. The van der Waals surface area contributed by atoms with Crippen molar-refractivity contribution < 1.29 is 75.1 Å². The summed E-state index contributed by atoms with van der Waals surface area (Å²) >= 11 is 0. The summed E-state index contributed by atoms with van der Waals surface area (Å²) in [5.41, 5.74) is 0. The molecule has 0 radical (unpaired) electrons. The topological polar surface area (TPSA) is 143 Å². The van der Waals surface area contributed by atoms with Crippen molar-refractivity contribution >= 4 is 17.9 Å². The molecule has 0 spiro atoms. The monoisotopic (exact) mass is 356 g/mol. The molecular weight excluding hydrogens is 341 g/mol. The van der Waals surface area contributed by atoms with Gasteiger partial charge in [0.05, 0.1) is 0 Å². The summed E-state index contributed by atoms with van der Waals surface area (Å²) in [5, 5.41) is 22.2. The third-order valence-corrected chi connectivity index (χ3v) is 0. The summed E-state index contributed by atoms with van der Waals surface area (Å²) < 4.78 is 0. The Morgan fingerprint density at radius 3 is 0.714 bits per heavy atom. The molecule has 0 unspecified atom stereocenters. The van der Waals surface area contributed by atoms with Crippen LogP contribution in [0.5, 0.6) is 0 Å². The standard InChI is InChI=1S/3C2H4O2.Gd.H2O/c3*1-2(3)4;;/h3*1H3,(H,3,4);;1H2. The molecule has 0 aromatic rings. The fraction of sp³-hybridized carbons (Fsp3) is 0.500. The Morgan fingerprint density at radius 2 is 0.714 bits per heavy atom.